The largest absolute Gasteiger partial charge is 0.497 e. The zero-order valence-electron chi connectivity index (χ0n) is 16.3. The van der Waals surface area contributed by atoms with E-state index < -0.39 is 16.1 Å². The second kappa shape index (κ2) is 8.43. The van der Waals surface area contributed by atoms with Crippen molar-refractivity contribution in [3.63, 3.8) is 0 Å². The molecule has 0 aliphatic rings. The minimum Gasteiger partial charge on any atom is -0.497 e. The monoisotopic (exact) mass is 390 g/mol. The molecular formula is C20H26N2O4S. The van der Waals surface area contributed by atoms with Crippen molar-refractivity contribution in [2.75, 3.05) is 24.7 Å². The molecular weight excluding hydrogens is 364 g/mol. The van der Waals surface area contributed by atoms with Crippen LogP contribution in [-0.4, -0.2) is 45.7 Å². The molecule has 0 saturated heterocycles. The molecule has 6 nitrogen and oxygen atoms in total. The van der Waals surface area contributed by atoms with Crippen LogP contribution in [0.4, 0.5) is 5.69 Å². The summed E-state index contributed by atoms with van der Waals surface area (Å²) in [5.41, 5.74) is 2.34. The van der Waals surface area contributed by atoms with Crippen molar-refractivity contribution < 1.29 is 17.9 Å². The Morgan fingerprint density at radius 3 is 2.30 bits per heavy atom. The molecule has 0 N–H and O–H groups in total. The van der Waals surface area contributed by atoms with Gasteiger partial charge in [0.2, 0.25) is 15.9 Å². The summed E-state index contributed by atoms with van der Waals surface area (Å²) >= 11 is 0. The summed E-state index contributed by atoms with van der Waals surface area (Å²) in [4.78, 5) is 14.4. The van der Waals surface area contributed by atoms with Gasteiger partial charge in [0, 0.05) is 13.6 Å². The van der Waals surface area contributed by atoms with Crippen LogP contribution < -0.4 is 9.04 Å². The highest BCUT2D eigenvalue weighted by atomic mass is 32.2. The van der Waals surface area contributed by atoms with Crippen LogP contribution in [0.25, 0.3) is 0 Å². The molecule has 2 aromatic rings. The summed E-state index contributed by atoms with van der Waals surface area (Å²) in [5, 5.41) is 0. The first-order chi connectivity index (χ1) is 12.6. The smallest absolute Gasteiger partial charge is 0.246 e. The lowest BCUT2D eigenvalue weighted by Crippen LogP contribution is -2.48. The Morgan fingerprint density at radius 1 is 1.15 bits per heavy atom. The van der Waals surface area contributed by atoms with Gasteiger partial charge in [0.1, 0.15) is 11.8 Å². The molecule has 146 valence electrons. The molecule has 0 aliphatic heterocycles. The summed E-state index contributed by atoms with van der Waals surface area (Å²) in [7, 11) is -0.364. The molecule has 1 atom stereocenters. The second-order valence-corrected chi connectivity index (χ2v) is 8.48. The van der Waals surface area contributed by atoms with E-state index in [1.807, 2.05) is 37.3 Å². The van der Waals surface area contributed by atoms with Crippen molar-refractivity contribution in [2.45, 2.75) is 26.4 Å². The number of nitrogens with zero attached hydrogens (tertiary/aromatic N) is 2. The van der Waals surface area contributed by atoms with Gasteiger partial charge >= 0.3 is 0 Å². The average Bonchev–Trinajstić information content (AvgIpc) is 2.60. The summed E-state index contributed by atoms with van der Waals surface area (Å²) in [6.45, 7) is 3.86. The fourth-order valence-electron chi connectivity index (χ4n) is 2.97. The van der Waals surface area contributed by atoms with Gasteiger partial charge in [-0.15, -0.1) is 0 Å². The van der Waals surface area contributed by atoms with Gasteiger partial charge in [-0.25, -0.2) is 8.42 Å². The highest BCUT2D eigenvalue weighted by molar-refractivity contribution is 7.92. The van der Waals surface area contributed by atoms with E-state index in [0.717, 1.165) is 23.1 Å². The van der Waals surface area contributed by atoms with Gasteiger partial charge in [0.05, 0.1) is 19.1 Å². The maximum absolute atomic E-state index is 12.9. The molecule has 0 aliphatic carbocycles. The molecule has 1 amide bonds. The molecule has 0 radical (unpaired) electrons. The summed E-state index contributed by atoms with van der Waals surface area (Å²) < 4.78 is 31.1. The topological polar surface area (TPSA) is 66.9 Å². The number of methoxy groups -OCH3 is 1. The molecule has 0 bridgehead atoms. The van der Waals surface area contributed by atoms with E-state index in [0.29, 0.717) is 12.2 Å². The van der Waals surface area contributed by atoms with Crippen molar-refractivity contribution >= 4 is 21.6 Å². The van der Waals surface area contributed by atoms with Crippen LogP contribution in [-0.2, 0) is 21.4 Å². The maximum atomic E-state index is 12.9. The van der Waals surface area contributed by atoms with Crippen molar-refractivity contribution in [1.82, 2.24) is 4.90 Å². The average molecular weight is 391 g/mol. The Labute approximate surface area is 161 Å². The van der Waals surface area contributed by atoms with Crippen LogP contribution in [0.2, 0.25) is 0 Å². The molecule has 0 unspecified atom stereocenters. The SMILES string of the molecule is COc1ccc(CN(C)C(=O)[C@@H](C)N(c2cccc(C)c2)S(C)(=O)=O)cc1. The number of ether oxygens (including phenoxy) is 1. The van der Waals surface area contributed by atoms with E-state index in [-0.39, 0.29) is 5.91 Å². The van der Waals surface area contributed by atoms with Crippen molar-refractivity contribution in [1.29, 1.82) is 0 Å². The fraction of sp³-hybridized carbons (Fsp3) is 0.350. The number of carbonyl (C=O) groups is 1. The first kappa shape index (κ1) is 20.8. The molecule has 0 aromatic heterocycles. The molecule has 0 spiro atoms. The van der Waals surface area contributed by atoms with Crippen LogP contribution >= 0.6 is 0 Å². The summed E-state index contributed by atoms with van der Waals surface area (Å²) in [6, 6.07) is 13.7. The van der Waals surface area contributed by atoms with Crippen LogP contribution in [0.15, 0.2) is 48.5 Å². The molecule has 0 heterocycles. The van der Waals surface area contributed by atoms with Gasteiger partial charge in [0.25, 0.3) is 0 Å². The molecule has 2 rings (SSSR count). The quantitative estimate of drug-likeness (QED) is 0.729. The number of rotatable bonds is 7. The molecule has 0 fully saturated rings. The molecule has 7 heteroatoms. The number of anilines is 1. The Hall–Kier alpha value is -2.54. The Kier molecular flexibility index (Phi) is 6.49. The summed E-state index contributed by atoms with van der Waals surface area (Å²) in [6.07, 6.45) is 1.11. The van der Waals surface area contributed by atoms with Crippen LogP contribution in [0.3, 0.4) is 0 Å². The third-order valence-electron chi connectivity index (χ3n) is 4.28. The Bertz CT molecular complexity index is 894. The van der Waals surface area contributed by atoms with Gasteiger partial charge in [0.15, 0.2) is 0 Å². The van der Waals surface area contributed by atoms with Crippen molar-refractivity contribution in [3.8, 4) is 5.75 Å². The lowest BCUT2D eigenvalue weighted by Gasteiger charge is -2.31. The second-order valence-electron chi connectivity index (χ2n) is 6.62. The normalized spacial score (nSPS) is 12.3. The standard InChI is InChI=1S/C20H26N2O4S/c1-15-7-6-8-18(13-15)22(27(5,24)25)16(2)20(23)21(3)14-17-9-11-19(26-4)12-10-17/h6-13,16H,14H2,1-5H3/t16-/m1/s1. The van der Waals surface area contributed by atoms with Gasteiger partial charge in [-0.05, 0) is 49.2 Å². The number of aryl methyl sites for hydroxylation is 1. The van der Waals surface area contributed by atoms with Crippen LogP contribution in [0, 0.1) is 6.92 Å². The van der Waals surface area contributed by atoms with E-state index in [1.54, 1.807) is 39.3 Å². The third kappa shape index (κ3) is 5.23. The van der Waals surface area contributed by atoms with Crippen molar-refractivity contribution in [3.05, 3.63) is 59.7 Å². The lowest BCUT2D eigenvalue weighted by atomic mass is 10.1. The minimum absolute atomic E-state index is 0.280. The highest BCUT2D eigenvalue weighted by Gasteiger charge is 2.31. The van der Waals surface area contributed by atoms with E-state index >= 15 is 0 Å². The van der Waals surface area contributed by atoms with Crippen LogP contribution in [0.1, 0.15) is 18.1 Å². The van der Waals surface area contributed by atoms with Crippen molar-refractivity contribution in [2.24, 2.45) is 0 Å². The predicted molar refractivity (Wildman–Crippen MR) is 107 cm³/mol. The Balaban J connectivity index is 2.23. The number of sulfonamides is 1. The number of hydrogen-bond donors (Lipinski definition) is 0. The molecule has 2 aromatic carbocycles. The van der Waals surface area contributed by atoms with Crippen LogP contribution in [0.5, 0.6) is 5.75 Å². The van der Waals surface area contributed by atoms with Gasteiger partial charge in [-0.3, -0.25) is 9.10 Å². The van der Waals surface area contributed by atoms with Gasteiger partial charge in [-0.2, -0.15) is 0 Å². The number of likely N-dealkylation sites (N-methyl/N-ethyl adjacent to an activating group) is 1. The van der Waals surface area contributed by atoms with Gasteiger partial charge in [-0.1, -0.05) is 24.3 Å². The molecule has 0 saturated carbocycles. The number of benzene rings is 2. The minimum atomic E-state index is -3.63. The van der Waals surface area contributed by atoms with E-state index in [2.05, 4.69) is 0 Å². The Morgan fingerprint density at radius 2 is 1.78 bits per heavy atom. The zero-order chi connectivity index (χ0) is 20.2. The van der Waals surface area contributed by atoms with Gasteiger partial charge < -0.3 is 9.64 Å². The van der Waals surface area contributed by atoms with E-state index in [9.17, 15) is 13.2 Å². The number of hydrogen-bond acceptors (Lipinski definition) is 4. The van der Waals surface area contributed by atoms with E-state index in [4.69, 9.17) is 4.74 Å². The number of carbonyl (C=O) groups excluding carboxylic acids is 1. The first-order valence-corrected chi connectivity index (χ1v) is 10.4. The first-order valence-electron chi connectivity index (χ1n) is 8.57. The third-order valence-corrected chi connectivity index (χ3v) is 5.52. The summed E-state index contributed by atoms with van der Waals surface area (Å²) in [5.74, 6) is 0.460. The predicted octanol–water partition coefficient (Wildman–Crippen LogP) is 2.82. The van der Waals surface area contributed by atoms with E-state index in [1.165, 1.54) is 9.21 Å². The molecule has 27 heavy (non-hydrogen) atoms. The number of amides is 1. The zero-order valence-corrected chi connectivity index (χ0v) is 17.2. The fourth-order valence-corrected chi connectivity index (χ4v) is 4.13. The highest BCUT2D eigenvalue weighted by Crippen LogP contribution is 2.23. The maximum Gasteiger partial charge on any atom is 0.246 e. The lowest BCUT2D eigenvalue weighted by molar-refractivity contribution is -0.131.